The molecule has 116 valence electrons. The molecule has 1 aromatic carbocycles. The van der Waals surface area contributed by atoms with Crippen molar-refractivity contribution >= 4 is 15.9 Å². The largest absolute Gasteiger partial charge is 0.349 e. The van der Waals surface area contributed by atoms with Gasteiger partial charge in [0.1, 0.15) is 0 Å². The molecule has 1 fully saturated rings. The molecule has 8 heteroatoms. The van der Waals surface area contributed by atoms with Gasteiger partial charge in [-0.25, -0.2) is 22.3 Å². The van der Waals surface area contributed by atoms with E-state index in [2.05, 4.69) is 5.32 Å². The topological polar surface area (TPSA) is 89.3 Å². The fourth-order valence-corrected chi connectivity index (χ4v) is 2.80. The Kier molecular flexibility index (Phi) is 4.29. The first-order valence-corrected chi connectivity index (χ1v) is 8.11. The van der Waals surface area contributed by atoms with Gasteiger partial charge < -0.3 is 5.32 Å². The van der Waals surface area contributed by atoms with Gasteiger partial charge in [0.25, 0.3) is 5.91 Å². The lowest BCUT2D eigenvalue weighted by Crippen LogP contribution is -2.28. The molecule has 0 aliphatic heterocycles. The molecule has 0 saturated heterocycles. The van der Waals surface area contributed by atoms with Gasteiger partial charge in [0.15, 0.2) is 11.6 Å². The van der Waals surface area contributed by atoms with Gasteiger partial charge in [0.2, 0.25) is 10.0 Å². The summed E-state index contributed by atoms with van der Waals surface area (Å²) in [5.74, 6) is -3.30. The van der Waals surface area contributed by atoms with Crippen LogP contribution >= 0.6 is 0 Å². The van der Waals surface area contributed by atoms with Crippen LogP contribution in [0.25, 0.3) is 0 Å². The van der Waals surface area contributed by atoms with E-state index >= 15 is 0 Å². The molecule has 0 heterocycles. The lowest BCUT2D eigenvalue weighted by molar-refractivity contribution is 0.0943. The molecule has 1 aromatic rings. The number of hydrogen-bond acceptors (Lipinski definition) is 3. The molecule has 2 rings (SSSR count). The summed E-state index contributed by atoms with van der Waals surface area (Å²) in [4.78, 5) is 11.3. The number of primary sulfonamides is 1. The standard InChI is InChI=1S/C13H16F2N2O3S/c1-2-3-7-4-11(7)17-13(18)9-5-8(21(16,19)20)6-10(14)12(9)15/h5-7,11H,2-4H2,1H3,(H,17,18)(H2,16,19,20). The Hall–Kier alpha value is -1.54. The van der Waals surface area contributed by atoms with Crippen LogP contribution in [-0.4, -0.2) is 20.4 Å². The Labute approximate surface area is 121 Å². The predicted octanol–water partition coefficient (Wildman–Crippen LogP) is 1.53. The molecule has 0 spiro atoms. The van der Waals surface area contributed by atoms with Crippen molar-refractivity contribution in [3.05, 3.63) is 29.3 Å². The van der Waals surface area contributed by atoms with Crippen molar-refractivity contribution in [3.8, 4) is 0 Å². The third kappa shape index (κ3) is 3.56. The molecule has 1 aliphatic carbocycles. The van der Waals surface area contributed by atoms with E-state index in [9.17, 15) is 22.0 Å². The van der Waals surface area contributed by atoms with Crippen molar-refractivity contribution in [3.63, 3.8) is 0 Å². The average molecular weight is 318 g/mol. The summed E-state index contributed by atoms with van der Waals surface area (Å²) in [6.45, 7) is 2.02. The molecule has 2 atom stereocenters. The first kappa shape index (κ1) is 15.8. The van der Waals surface area contributed by atoms with E-state index in [4.69, 9.17) is 5.14 Å². The Morgan fingerprint density at radius 1 is 1.43 bits per heavy atom. The number of hydrogen-bond donors (Lipinski definition) is 2. The molecule has 1 amide bonds. The van der Waals surface area contributed by atoms with Crippen LogP contribution in [0.5, 0.6) is 0 Å². The first-order valence-electron chi connectivity index (χ1n) is 6.56. The van der Waals surface area contributed by atoms with Crippen molar-refractivity contribution in [2.45, 2.75) is 37.1 Å². The molecule has 1 saturated carbocycles. The second-order valence-corrected chi connectivity index (χ2v) is 6.74. The van der Waals surface area contributed by atoms with Gasteiger partial charge in [-0.2, -0.15) is 0 Å². The van der Waals surface area contributed by atoms with Crippen molar-refractivity contribution in [2.24, 2.45) is 11.1 Å². The number of carbonyl (C=O) groups is 1. The number of halogens is 2. The summed E-state index contributed by atoms with van der Waals surface area (Å²) >= 11 is 0. The van der Waals surface area contributed by atoms with Gasteiger partial charge >= 0.3 is 0 Å². The van der Waals surface area contributed by atoms with Crippen molar-refractivity contribution in [1.82, 2.24) is 5.32 Å². The maximum absolute atomic E-state index is 13.7. The summed E-state index contributed by atoms with van der Waals surface area (Å²) in [5.41, 5.74) is -0.652. The predicted molar refractivity (Wildman–Crippen MR) is 72.0 cm³/mol. The van der Waals surface area contributed by atoms with Gasteiger partial charge in [-0.3, -0.25) is 4.79 Å². The smallest absolute Gasteiger partial charge is 0.254 e. The fraction of sp³-hybridized carbons (Fsp3) is 0.462. The van der Waals surface area contributed by atoms with E-state index < -0.39 is 38.0 Å². The zero-order chi connectivity index (χ0) is 15.8. The molecule has 21 heavy (non-hydrogen) atoms. The second kappa shape index (κ2) is 5.69. The van der Waals surface area contributed by atoms with Crippen LogP contribution in [0.3, 0.4) is 0 Å². The number of rotatable bonds is 5. The highest BCUT2D eigenvalue weighted by molar-refractivity contribution is 7.89. The van der Waals surface area contributed by atoms with Gasteiger partial charge in [-0.1, -0.05) is 13.3 Å². The summed E-state index contributed by atoms with van der Waals surface area (Å²) < 4.78 is 49.5. The van der Waals surface area contributed by atoms with Crippen LogP contribution in [0.1, 0.15) is 36.5 Å². The van der Waals surface area contributed by atoms with Crippen LogP contribution < -0.4 is 10.5 Å². The van der Waals surface area contributed by atoms with Gasteiger partial charge in [0.05, 0.1) is 10.5 Å². The van der Waals surface area contributed by atoms with Crippen molar-refractivity contribution < 1.29 is 22.0 Å². The Bertz CT molecular complexity index is 676. The van der Waals surface area contributed by atoms with Crippen LogP contribution in [0.4, 0.5) is 8.78 Å². The summed E-state index contributed by atoms with van der Waals surface area (Å²) in [6.07, 6.45) is 2.71. The van der Waals surface area contributed by atoms with Crippen LogP contribution in [0.15, 0.2) is 17.0 Å². The zero-order valence-corrected chi connectivity index (χ0v) is 12.2. The SMILES string of the molecule is CCCC1CC1NC(=O)c1cc(S(N)(=O)=O)cc(F)c1F. The molecule has 0 aromatic heterocycles. The number of carbonyl (C=O) groups excluding carboxylic acids is 1. The van der Waals surface area contributed by atoms with Crippen LogP contribution in [-0.2, 0) is 10.0 Å². The van der Waals surface area contributed by atoms with Crippen LogP contribution in [0, 0.1) is 17.6 Å². The highest BCUT2D eigenvalue weighted by atomic mass is 32.2. The summed E-state index contributed by atoms with van der Waals surface area (Å²) in [5, 5.41) is 7.44. The lowest BCUT2D eigenvalue weighted by Gasteiger charge is -2.08. The van der Waals surface area contributed by atoms with Crippen molar-refractivity contribution in [2.75, 3.05) is 0 Å². The molecule has 1 aliphatic rings. The summed E-state index contributed by atoms with van der Waals surface area (Å²) in [7, 11) is -4.22. The number of nitrogens with two attached hydrogens (primary N) is 1. The van der Waals surface area contributed by atoms with E-state index in [1.54, 1.807) is 0 Å². The highest BCUT2D eigenvalue weighted by Gasteiger charge is 2.37. The number of amides is 1. The number of benzene rings is 1. The monoisotopic (exact) mass is 318 g/mol. The second-order valence-electron chi connectivity index (χ2n) is 5.18. The van der Waals surface area contributed by atoms with Crippen LogP contribution in [0.2, 0.25) is 0 Å². The minimum Gasteiger partial charge on any atom is -0.349 e. The molecule has 0 bridgehead atoms. The van der Waals surface area contributed by atoms with Gasteiger partial charge in [-0.15, -0.1) is 0 Å². The molecular formula is C13H16F2N2O3S. The van der Waals surface area contributed by atoms with E-state index in [0.717, 1.165) is 25.3 Å². The van der Waals surface area contributed by atoms with E-state index in [1.165, 1.54) is 0 Å². The molecule has 2 unspecified atom stereocenters. The minimum absolute atomic E-state index is 0.0712. The number of nitrogens with one attached hydrogen (secondary N) is 1. The van der Waals surface area contributed by atoms with Gasteiger partial charge in [-0.05, 0) is 30.9 Å². The fourth-order valence-electron chi connectivity index (χ4n) is 2.25. The van der Waals surface area contributed by atoms with E-state index in [-0.39, 0.29) is 6.04 Å². The Morgan fingerprint density at radius 2 is 2.10 bits per heavy atom. The third-order valence-corrected chi connectivity index (χ3v) is 4.37. The van der Waals surface area contributed by atoms with Crippen molar-refractivity contribution in [1.29, 1.82) is 0 Å². The van der Waals surface area contributed by atoms with E-state index in [0.29, 0.717) is 12.0 Å². The molecule has 0 radical (unpaired) electrons. The Balaban J connectivity index is 2.23. The normalized spacial score (nSPS) is 21.1. The minimum atomic E-state index is -4.22. The third-order valence-electron chi connectivity index (χ3n) is 3.47. The lowest BCUT2D eigenvalue weighted by atomic mass is 10.2. The summed E-state index contributed by atoms with van der Waals surface area (Å²) in [6, 6.07) is 1.14. The molecule has 5 nitrogen and oxygen atoms in total. The van der Waals surface area contributed by atoms with Gasteiger partial charge in [0, 0.05) is 6.04 Å². The Morgan fingerprint density at radius 3 is 2.67 bits per heavy atom. The molecular weight excluding hydrogens is 302 g/mol. The maximum Gasteiger partial charge on any atom is 0.254 e. The quantitative estimate of drug-likeness (QED) is 0.863. The highest BCUT2D eigenvalue weighted by Crippen LogP contribution is 2.34. The van der Waals surface area contributed by atoms with E-state index in [1.807, 2.05) is 6.92 Å². The maximum atomic E-state index is 13.7. The molecule has 3 N–H and O–H groups in total. The zero-order valence-electron chi connectivity index (χ0n) is 11.4. The number of sulfonamides is 1. The average Bonchev–Trinajstić information content (AvgIpc) is 3.09. The first-order chi connectivity index (χ1) is 9.74.